The highest BCUT2D eigenvalue weighted by atomic mass is 127. The fourth-order valence-corrected chi connectivity index (χ4v) is 0.885. The lowest BCUT2D eigenvalue weighted by molar-refractivity contribution is -0.138. The predicted octanol–water partition coefficient (Wildman–Crippen LogP) is 0.833. The summed E-state index contributed by atoms with van der Waals surface area (Å²) < 4.78 is 6.16. The van der Waals surface area contributed by atoms with E-state index in [0.717, 1.165) is 6.21 Å². The van der Waals surface area contributed by atoms with Crippen molar-refractivity contribution in [3.63, 3.8) is 0 Å². The van der Waals surface area contributed by atoms with Crippen LogP contribution in [0.4, 0.5) is 0 Å². The van der Waals surface area contributed by atoms with Gasteiger partial charge in [0.25, 0.3) is 0 Å². The third-order valence-electron chi connectivity index (χ3n) is 0.931. The molecule has 0 spiro atoms. The number of carbonyl (C=O) groups is 1. The first-order chi connectivity index (χ1) is 6.11. The zero-order valence-corrected chi connectivity index (χ0v) is 9.24. The van der Waals surface area contributed by atoms with Crippen molar-refractivity contribution in [1.29, 1.82) is 5.41 Å². The molecule has 0 radical (unpaired) electrons. The Labute approximate surface area is 89.7 Å². The average molecular weight is 295 g/mol. The van der Waals surface area contributed by atoms with Gasteiger partial charge in [0.1, 0.15) is 5.84 Å². The molecule has 0 saturated carbocycles. The minimum atomic E-state index is -0.519. The van der Waals surface area contributed by atoms with Gasteiger partial charge in [0.15, 0.2) is 5.70 Å². The van der Waals surface area contributed by atoms with Crippen LogP contribution in [0, 0.1) is 5.41 Å². The van der Waals surface area contributed by atoms with Crippen molar-refractivity contribution in [1.82, 2.24) is 0 Å². The summed E-state index contributed by atoms with van der Waals surface area (Å²) in [7, 11) is 0. The second kappa shape index (κ2) is 6.58. The van der Waals surface area contributed by atoms with E-state index in [1.54, 1.807) is 6.92 Å². The molecule has 0 atom stereocenters. The fraction of sp³-hybridized carbons (Fsp3) is 0.286. The third-order valence-corrected chi connectivity index (χ3v) is 1.52. The number of esters is 1. The molecular weight excluding hydrogens is 285 g/mol. The van der Waals surface area contributed by atoms with Gasteiger partial charge in [-0.05, 0) is 6.92 Å². The van der Waals surface area contributed by atoms with Gasteiger partial charge in [-0.2, -0.15) is 0 Å². The molecule has 0 aromatic carbocycles. The molecule has 0 heterocycles. The Balaban J connectivity index is 4.37. The molecule has 0 unspecified atom stereocenters. The highest BCUT2D eigenvalue weighted by Gasteiger charge is 2.06. The van der Waals surface area contributed by atoms with Crippen LogP contribution >= 0.6 is 22.6 Å². The normalized spacial score (nSPS) is 11.7. The molecule has 13 heavy (non-hydrogen) atoms. The van der Waals surface area contributed by atoms with Crippen molar-refractivity contribution >= 4 is 40.6 Å². The van der Waals surface area contributed by atoms with Gasteiger partial charge in [-0.25, -0.2) is 9.79 Å². The molecule has 0 saturated heterocycles. The second-order valence-electron chi connectivity index (χ2n) is 1.93. The Kier molecular flexibility index (Phi) is 6.11. The van der Waals surface area contributed by atoms with E-state index >= 15 is 0 Å². The summed E-state index contributed by atoms with van der Waals surface area (Å²) in [5.74, 6) is -0.727. The van der Waals surface area contributed by atoms with Gasteiger partial charge >= 0.3 is 5.97 Å². The van der Waals surface area contributed by atoms with Gasteiger partial charge < -0.3 is 10.5 Å². The average Bonchev–Trinajstić information content (AvgIpc) is 2.05. The van der Waals surface area contributed by atoms with Gasteiger partial charge in [0.05, 0.1) is 12.8 Å². The summed E-state index contributed by atoms with van der Waals surface area (Å²) >= 11 is 1.86. The first kappa shape index (κ1) is 12.1. The van der Waals surface area contributed by atoms with E-state index in [4.69, 9.17) is 15.9 Å². The summed E-state index contributed by atoms with van der Waals surface area (Å²) in [6.07, 6.45) is 1.08. The van der Waals surface area contributed by atoms with Crippen LogP contribution in [0.1, 0.15) is 6.92 Å². The number of amidine groups is 1. The summed E-state index contributed by atoms with van der Waals surface area (Å²) in [4.78, 5) is 14.7. The van der Waals surface area contributed by atoms with Crippen LogP contribution in [0.25, 0.3) is 0 Å². The zero-order valence-electron chi connectivity index (χ0n) is 7.08. The lowest BCUT2D eigenvalue weighted by atomic mass is 10.5. The van der Waals surface area contributed by atoms with Crippen molar-refractivity contribution in [2.75, 3.05) is 6.61 Å². The van der Waals surface area contributed by atoms with Crippen molar-refractivity contribution in [3.05, 3.63) is 9.78 Å². The summed E-state index contributed by atoms with van der Waals surface area (Å²) in [6.45, 7) is 2.00. The molecule has 6 heteroatoms. The third kappa shape index (κ3) is 5.34. The Morgan fingerprint density at radius 2 is 2.38 bits per heavy atom. The molecular formula is C7H10IN3O2. The molecule has 3 N–H and O–H groups in total. The number of carbonyl (C=O) groups excluding carboxylic acids is 1. The maximum absolute atomic E-state index is 11.1. The minimum absolute atomic E-state index is 0.137. The number of nitrogens with zero attached hydrogens (tertiary/aromatic N) is 1. The van der Waals surface area contributed by atoms with E-state index in [1.165, 1.54) is 4.08 Å². The molecule has 5 nitrogen and oxygen atoms in total. The van der Waals surface area contributed by atoms with Crippen molar-refractivity contribution in [2.24, 2.45) is 10.7 Å². The molecule has 72 valence electrons. The van der Waals surface area contributed by atoms with Crippen molar-refractivity contribution in [2.45, 2.75) is 6.92 Å². The molecule has 0 aliphatic rings. The molecule has 0 aliphatic heterocycles. The van der Waals surface area contributed by atoms with Crippen molar-refractivity contribution < 1.29 is 9.53 Å². The SMILES string of the molecule is CCOC(=O)/C(=C/I)N=CC(=N)N. The molecule has 0 fully saturated rings. The second-order valence-corrected chi connectivity index (χ2v) is 2.55. The number of hydrogen-bond acceptors (Lipinski definition) is 4. The lowest BCUT2D eigenvalue weighted by Crippen LogP contribution is -2.12. The van der Waals surface area contributed by atoms with E-state index in [0.29, 0.717) is 6.61 Å². The minimum Gasteiger partial charge on any atom is -0.461 e. The van der Waals surface area contributed by atoms with Crippen LogP contribution in [-0.2, 0) is 9.53 Å². The smallest absolute Gasteiger partial charge is 0.357 e. The van der Waals surface area contributed by atoms with Crippen LogP contribution in [0.15, 0.2) is 14.8 Å². The lowest BCUT2D eigenvalue weighted by Gasteiger charge is -1.99. The molecule has 0 amide bonds. The number of aliphatic imine (C=N–C) groups is 1. The van der Waals surface area contributed by atoms with Gasteiger partial charge in [-0.1, -0.05) is 22.6 Å². The highest BCUT2D eigenvalue weighted by molar-refractivity contribution is 14.1. The number of nitrogens with two attached hydrogens (primary N) is 1. The fourth-order valence-electron chi connectivity index (χ4n) is 0.470. The van der Waals surface area contributed by atoms with Gasteiger partial charge in [0.2, 0.25) is 0 Å². The summed E-state index contributed by atoms with van der Waals surface area (Å²) in [5.41, 5.74) is 5.16. The molecule has 0 aromatic rings. The summed E-state index contributed by atoms with van der Waals surface area (Å²) in [6, 6.07) is 0. The van der Waals surface area contributed by atoms with Crippen LogP contribution in [0.5, 0.6) is 0 Å². The number of hydrogen-bond donors (Lipinski definition) is 2. The van der Waals surface area contributed by atoms with E-state index in [9.17, 15) is 4.79 Å². The van der Waals surface area contributed by atoms with Crippen LogP contribution < -0.4 is 5.73 Å². The van der Waals surface area contributed by atoms with Crippen LogP contribution in [0.2, 0.25) is 0 Å². The van der Waals surface area contributed by atoms with Crippen LogP contribution in [-0.4, -0.2) is 24.6 Å². The Hall–Kier alpha value is -0.920. The highest BCUT2D eigenvalue weighted by Crippen LogP contribution is 2.03. The maximum Gasteiger partial charge on any atom is 0.357 e. The van der Waals surface area contributed by atoms with E-state index in [2.05, 4.69) is 4.99 Å². The zero-order chi connectivity index (χ0) is 10.3. The van der Waals surface area contributed by atoms with Gasteiger partial charge in [-0.15, -0.1) is 0 Å². The summed E-state index contributed by atoms with van der Waals surface area (Å²) in [5, 5.41) is 6.85. The topological polar surface area (TPSA) is 88.5 Å². The molecule has 0 aromatic heterocycles. The van der Waals surface area contributed by atoms with Gasteiger partial charge in [0, 0.05) is 4.08 Å². The van der Waals surface area contributed by atoms with Gasteiger partial charge in [-0.3, -0.25) is 5.41 Å². The van der Waals surface area contributed by atoms with E-state index in [1.807, 2.05) is 22.6 Å². The molecule has 0 aliphatic carbocycles. The first-order valence-corrected chi connectivity index (χ1v) is 4.72. The van der Waals surface area contributed by atoms with Crippen molar-refractivity contribution in [3.8, 4) is 0 Å². The quantitative estimate of drug-likeness (QED) is 0.265. The predicted molar refractivity (Wildman–Crippen MR) is 59.1 cm³/mol. The number of rotatable bonds is 4. The van der Waals surface area contributed by atoms with Crippen LogP contribution in [0.3, 0.4) is 0 Å². The Morgan fingerprint density at radius 3 is 2.77 bits per heavy atom. The molecule has 0 rings (SSSR count). The van der Waals surface area contributed by atoms with E-state index in [-0.39, 0.29) is 11.5 Å². The first-order valence-electron chi connectivity index (χ1n) is 3.47. The standard InChI is InChI=1S/C7H10IN3O2/c1-2-13-7(12)5(3-8)11-4-6(9)10/h3-4H,2H2,1H3,(H3,9,10)/b5-3-,11-4?. The Bertz CT molecular complexity index is 260. The maximum atomic E-state index is 11.1. The number of halogens is 1. The molecule has 0 bridgehead atoms. The number of ether oxygens (including phenoxy) is 1. The largest absolute Gasteiger partial charge is 0.461 e. The number of nitrogens with one attached hydrogen (secondary N) is 1. The monoisotopic (exact) mass is 295 g/mol. The Morgan fingerprint density at radius 1 is 1.77 bits per heavy atom. The van der Waals surface area contributed by atoms with E-state index < -0.39 is 5.97 Å².